The Bertz CT molecular complexity index is 852. The first kappa shape index (κ1) is 19.6. The summed E-state index contributed by atoms with van der Waals surface area (Å²) >= 11 is 6.31. The van der Waals surface area contributed by atoms with E-state index in [0.29, 0.717) is 11.0 Å². The Kier molecular flexibility index (Phi) is 5.14. The lowest BCUT2D eigenvalue weighted by molar-refractivity contribution is 0.590. The quantitative estimate of drug-likeness (QED) is 0.446. The Labute approximate surface area is 167 Å². The minimum atomic E-state index is 0.119. The predicted molar refractivity (Wildman–Crippen MR) is 115 cm³/mol. The van der Waals surface area contributed by atoms with Crippen LogP contribution in [0.5, 0.6) is 0 Å². The average molecular weight is 379 g/mol. The smallest absolute Gasteiger partial charge is 0.161 e. The zero-order valence-electron chi connectivity index (χ0n) is 17.0. The highest BCUT2D eigenvalue weighted by molar-refractivity contribution is 6.29. The van der Waals surface area contributed by atoms with Crippen molar-refractivity contribution in [3.63, 3.8) is 0 Å². The minimum Gasteiger partial charge on any atom is -0.228 e. The topological polar surface area (TPSA) is 25.8 Å². The fraction of sp³-hybridized carbons (Fsp3) is 0.333. The molecule has 0 radical (unpaired) electrons. The van der Waals surface area contributed by atoms with Gasteiger partial charge in [-0.15, -0.1) is 0 Å². The van der Waals surface area contributed by atoms with Crippen LogP contribution in [0, 0.1) is 0 Å². The molecule has 3 aromatic rings. The molecule has 0 bridgehead atoms. The van der Waals surface area contributed by atoms with E-state index in [1.807, 2.05) is 6.07 Å². The van der Waals surface area contributed by atoms with Gasteiger partial charge in [0.2, 0.25) is 0 Å². The fourth-order valence-electron chi connectivity index (χ4n) is 2.95. The number of nitrogens with zero attached hydrogens (tertiary/aromatic N) is 2. The van der Waals surface area contributed by atoms with Crippen molar-refractivity contribution in [2.45, 2.75) is 52.4 Å². The zero-order valence-corrected chi connectivity index (χ0v) is 17.7. The molecule has 1 aromatic heterocycles. The predicted octanol–water partition coefficient (Wildman–Crippen LogP) is 7.06. The Morgan fingerprint density at radius 1 is 0.630 bits per heavy atom. The molecule has 0 unspecified atom stereocenters. The lowest BCUT2D eigenvalue weighted by atomic mass is 9.86. The SMILES string of the molecule is CC(C)(C)c1ccc(-c2cc(Cl)nc(-c3ccc(C(C)(C)C)cc3)n2)cc1. The van der Waals surface area contributed by atoms with Crippen molar-refractivity contribution < 1.29 is 0 Å². The molecule has 0 saturated carbocycles. The second kappa shape index (κ2) is 7.09. The summed E-state index contributed by atoms with van der Waals surface area (Å²) in [5, 5.41) is 0.454. The monoisotopic (exact) mass is 378 g/mol. The standard InChI is InChI=1S/C24H27ClN2/c1-23(2,3)18-11-7-16(8-12-18)20-15-21(25)27-22(26-20)17-9-13-19(14-10-17)24(4,5)6/h7-15H,1-6H3. The van der Waals surface area contributed by atoms with Gasteiger partial charge in [0.1, 0.15) is 5.15 Å². The molecule has 0 amide bonds. The first-order chi connectivity index (χ1) is 12.5. The van der Waals surface area contributed by atoms with E-state index in [4.69, 9.17) is 16.6 Å². The number of halogens is 1. The second-order valence-electron chi connectivity index (χ2n) is 9.05. The maximum absolute atomic E-state index is 6.31. The average Bonchev–Trinajstić information content (AvgIpc) is 2.60. The lowest BCUT2D eigenvalue weighted by Gasteiger charge is -2.19. The lowest BCUT2D eigenvalue weighted by Crippen LogP contribution is -2.10. The van der Waals surface area contributed by atoms with E-state index in [9.17, 15) is 0 Å². The second-order valence-corrected chi connectivity index (χ2v) is 9.44. The summed E-state index contributed by atoms with van der Waals surface area (Å²) in [7, 11) is 0. The van der Waals surface area contributed by atoms with Crippen molar-refractivity contribution in [1.29, 1.82) is 0 Å². The van der Waals surface area contributed by atoms with Crippen LogP contribution in [0.4, 0.5) is 0 Å². The van der Waals surface area contributed by atoms with Gasteiger partial charge in [-0.25, -0.2) is 9.97 Å². The van der Waals surface area contributed by atoms with E-state index in [2.05, 4.69) is 95.1 Å². The van der Waals surface area contributed by atoms with Crippen LogP contribution in [0.25, 0.3) is 22.6 Å². The molecule has 0 saturated heterocycles. The fourth-order valence-corrected chi connectivity index (χ4v) is 3.14. The third kappa shape index (κ3) is 4.56. The van der Waals surface area contributed by atoms with Crippen LogP contribution in [0.1, 0.15) is 52.7 Å². The van der Waals surface area contributed by atoms with Crippen LogP contribution < -0.4 is 0 Å². The molecule has 27 heavy (non-hydrogen) atoms. The molecule has 0 fully saturated rings. The minimum absolute atomic E-state index is 0.119. The molecule has 3 rings (SSSR count). The largest absolute Gasteiger partial charge is 0.228 e. The van der Waals surface area contributed by atoms with E-state index in [1.54, 1.807) is 0 Å². The van der Waals surface area contributed by atoms with Crippen LogP contribution in [-0.4, -0.2) is 9.97 Å². The third-order valence-corrected chi connectivity index (χ3v) is 4.94. The van der Waals surface area contributed by atoms with Crippen LogP contribution in [0.3, 0.4) is 0 Å². The molecule has 0 aliphatic rings. The van der Waals surface area contributed by atoms with Gasteiger partial charge in [-0.2, -0.15) is 0 Å². The number of rotatable bonds is 2. The Hall–Kier alpha value is -2.19. The molecule has 2 nitrogen and oxygen atoms in total. The Morgan fingerprint density at radius 2 is 1.07 bits per heavy atom. The van der Waals surface area contributed by atoms with E-state index in [-0.39, 0.29) is 10.8 Å². The molecule has 1 heterocycles. The highest BCUT2D eigenvalue weighted by Crippen LogP contribution is 2.29. The van der Waals surface area contributed by atoms with E-state index in [1.165, 1.54) is 11.1 Å². The summed E-state index contributed by atoms with van der Waals surface area (Å²) < 4.78 is 0. The van der Waals surface area contributed by atoms with Crippen molar-refractivity contribution in [3.05, 3.63) is 70.9 Å². The van der Waals surface area contributed by atoms with Crippen LogP contribution in [-0.2, 0) is 10.8 Å². The molecule has 0 aliphatic carbocycles. The van der Waals surface area contributed by atoms with Gasteiger partial charge >= 0.3 is 0 Å². The van der Waals surface area contributed by atoms with Crippen molar-refractivity contribution in [1.82, 2.24) is 9.97 Å². The normalized spacial score (nSPS) is 12.3. The first-order valence-electron chi connectivity index (χ1n) is 9.30. The summed E-state index contributed by atoms with van der Waals surface area (Å²) in [5.74, 6) is 0.651. The molecule has 0 N–H and O–H groups in total. The first-order valence-corrected chi connectivity index (χ1v) is 9.68. The zero-order chi connectivity index (χ0) is 19.8. The van der Waals surface area contributed by atoms with Gasteiger partial charge in [-0.1, -0.05) is 102 Å². The van der Waals surface area contributed by atoms with Gasteiger partial charge < -0.3 is 0 Å². The molecular formula is C24H27ClN2. The highest BCUT2D eigenvalue weighted by Gasteiger charge is 2.15. The van der Waals surface area contributed by atoms with Crippen LogP contribution in [0.2, 0.25) is 5.15 Å². The van der Waals surface area contributed by atoms with Gasteiger partial charge in [-0.3, -0.25) is 0 Å². The van der Waals surface area contributed by atoms with E-state index in [0.717, 1.165) is 16.8 Å². The van der Waals surface area contributed by atoms with E-state index < -0.39 is 0 Å². The van der Waals surface area contributed by atoms with Crippen molar-refractivity contribution in [2.75, 3.05) is 0 Å². The molecule has 0 atom stereocenters. The number of aromatic nitrogens is 2. The maximum Gasteiger partial charge on any atom is 0.161 e. The summed E-state index contributed by atoms with van der Waals surface area (Å²) in [5.41, 5.74) is 5.68. The maximum atomic E-state index is 6.31. The van der Waals surface area contributed by atoms with Crippen LogP contribution in [0.15, 0.2) is 54.6 Å². The molecule has 0 spiro atoms. The molecule has 0 aliphatic heterocycles. The van der Waals surface area contributed by atoms with Crippen molar-refractivity contribution in [2.24, 2.45) is 0 Å². The van der Waals surface area contributed by atoms with Gasteiger partial charge in [0.25, 0.3) is 0 Å². The third-order valence-electron chi connectivity index (χ3n) is 4.75. The Morgan fingerprint density at radius 3 is 1.52 bits per heavy atom. The number of benzene rings is 2. The van der Waals surface area contributed by atoms with Gasteiger partial charge in [0.05, 0.1) is 5.69 Å². The summed E-state index contributed by atoms with van der Waals surface area (Å²) in [6, 6.07) is 18.7. The molecule has 2 aromatic carbocycles. The summed E-state index contributed by atoms with van der Waals surface area (Å²) in [6.45, 7) is 13.3. The number of hydrogen-bond acceptors (Lipinski definition) is 2. The molecular weight excluding hydrogens is 352 g/mol. The summed E-state index contributed by atoms with van der Waals surface area (Å²) in [4.78, 5) is 9.19. The van der Waals surface area contributed by atoms with Gasteiger partial charge in [0.15, 0.2) is 5.82 Å². The summed E-state index contributed by atoms with van der Waals surface area (Å²) in [6.07, 6.45) is 0. The van der Waals surface area contributed by atoms with Gasteiger partial charge in [0, 0.05) is 17.2 Å². The number of hydrogen-bond donors (Lipinski definition) is 0. The van der Waals surface area contributed by atoms with Crippen LogP contribution >= 0.6 is 11.6 Å². The molecule has 3 heteroatoms. The Balaban J connectivity index is 1.97. The van der Waals surface area contributed by atoms with Crippen molar-refractivity contribution in [3.8, 4) is 22.6 Å². The highest BCUT2D eigenvalue weighted by atomic mass is 35.5. The van der Waals surface area contributed by atoms with Crippen molar-refractivity contribution >= 4 is 11.6 Å². The van der Waals surface area contributed by atoms with E-state index >= 15 is 0 Å². The molecule has 140 valence electrons. The van der Waals surface area contributed by atoms with Gasteiger partial charge in [-0.05, 0) is 22.0 Å².